The van der Waals surface area contributed by atoms with Crippen LogP contribution in [0.3, 0.4) is 0 Å². The van der Waals surface area contributed by atoms with E-state index in [1.807, 2.05) is 17.4 Å². The third kappa shape index (κ3) is 5.03. The minimum atomic E-state index is -4.94. The maximum Gasteiger partial charge on any atom is 0.267 e. The molecular weight excluding hydrogens is 242 g/mol. The normalized spacial score (nSPS) is 11.0. The molecule has 0 bridgehead atoms. The van der Waals surface area contributed by atoms with Crippen molar-refractivity contribution in [1.29, 1.82) is 0 Å². The molecule has 0 radical (unpaired) electrons. The van der Waals surface area contributed by atoms with E-state index >= 15 is 0 Å². The molecule has 7 heteroatoms. The SMILES string of the molecule is Cc1c[n+]2ccccc2s1.[O-][Cl+3]([O-])([O-])[O-]. The largest absolute Gasteiger partial charge is 0.267 e. The smallest absolute Gasteiger partial charge is 0.222 e. The summed E-state index contributed by atoms with van der Waals surface area (Å²) in [6, 6.07) is 6.22. The molecule has 5 nitrogen and oxygen atoms in total. The predicted octanol–water partition coefficient (Wildman–Crippen LogP) is -2.96. The van der Waals surface area contributed by atoms with Gasteiger partial charge in [-0.1, -0.05) is 11.3 Å². The van der Waals surface area contributed by atoms with Crippen molar-refractivity contribution < 1.29 is 33.3 Å². The van der Waals surface area contributed by atoms with Crippen molar-refractivity contribution in [3.8, 4) is 0 Å². The highest BCUT2D eigenvalue weighted by atomic mass is 35.7. The van der Waals surface area contributed by atoms with Gasteiger partial charge in [-0.15, -0.1) is 10.2 Å². The standard InChI is InChI=1S/C8H8NS.ClHO4/c1-7-6-9-5-3-2-4-8(9)10-7;2-1(3,4)5/h2-6H,1H3;(H,2,3,4,5)/q+1;/p-1. The van der Waals surface area contributed by atoms with E-state index in [0.29, 0.717) is 0 Å². The lowest BCUT2D eigenvalue weighted by molar-refractivity contribution is -2.00. The number of hydrogen-bond acceptors (Lipinski definition) is 5. The number of pyridine rings is 1. The highest BCUT2D eigenvalue weighted by molar-refractivity contribution is 7.16. The number of thiazole rings is 1. The van der Waals surface area contributed by atoms with Crippen molar-refractivity contribution in [2.45, 2.75) is 6.92 Å². The van der Waals surface area contributed by atoms with Crippen LogP contribution in [0.5, 0.6) is 0 Å². The van der Waals surface area contributed by atoms with Crippen molar-refractivity contribution in [1.82, 2.24) is 0 Å². The number of aromatic nitrogens is 1. The zero-order valence-electron chi connectivity index (χ0n) is 7.75. The fourth-order valence-electron chi connectivity index (χ4n) is 1.02. The van der Waals surface area contributed by atoms with Crippen LogP contribution in [0.2, 0.25) is 0 Å². The van der Waals surface area contributed by atoms with Gasteiger partial charge in [0.15, 0.2) is 12.4 Å². The van der Waals surface area contributed by atoms with Gasteiger partial charge in [0.2, 0.25) is 0 Å². The molecule has 0 unspecified atom stereocenters. The highest BCUT2D eigenvalue weighted by Crippen LogP contribution is 2.09. The van der Waals surface area contributed by atoms with Crippen molar-refractivity contribution in [2.75, 3.05) is 0 Å². The Morgan fingerprint density at radius 3 is 2.33 bits per heavy atom. The highest BCUT2D eigenvalue weighted by Gasteiger charge is 2.02. The minimum Gasteiger partial charge on any atom is -0.222 e. The van der Waals surface area contributed by atoms with Gasteiger partial charge in [0.1, 0.15) is 0 Å². The maximum atomic E-state index is 8.49. The molecule has 0 aliphatic heterocycles. The molecule has 0 saturated heterocycles. The molecule has 0 N–H and O–H groups in total. The van der Waals surface area contributed by atoms with Crippen LogP contribution in [-0.2, 0) is 0 Å². The Bertz CT molecular complexity index is 400. The van der Waals surface area contributed by atoms with Gasteiger partial charge in [-0.25, -0.2) is 18.6 Å². The molecule has 0 aliphatic carbocycles. The first kappa shape index (κ1) is 12.3. The summed E-state index contributed by atoms with van der Waals surface area (Å²) in [4.78, 5) is 2.66. The summed E-state index contributed by atoms with van der Waals surface area (Å²) in [5.74, 6) is 0. The zero-order chi connectivity index (χ0) is 11.5. The van der Waals surface area contributed by atoms with E-state index in [-0.39, 0.29) is 0 Å². The van der Waals surface area contributed by atoms with Gasteiger partial charge in [-0.3, -0.25) is 0 Å². The first-order valence-corrected chi connectivity index (χ1v) is 5.89. The fraction of sp³-hybridized carbons (Fsp3) is 0.125. The zero-order valence-corrected chi connectivity index (χ0v) is 9.33. The number of fused-ring (bicyclic) bond motifs is 1. The lowest BCUT2D eigenvalue weighted by Gasteiger charge is -2.17. The quantitative estimate of drug-likeness (QED) is 0.466. The predicted molar refractivity (Wildman–Crippen MR) is 42.2 cm³/mol. The number of rotatable bonds is 0. The lowest BCUT2D eigenvalue weighted by Crippen LogP contribution is -2.68. The van der Waals surface area contributed by atoms with Gasteiger partial charge < -0.3 is 0 Å². The maximum absolute atomic E-state index is 8.49. The Kier molecular flexibility index (Phi) is 3.97. The Balaban J connectivity index is 0.000000195. The number of halogens is 1. The second kappa shape index (κ2) is 4.84. The Labute approximate surface area is 92.2 Å². The molecule has 0 aliphatic rings. The summed E-state index contributed by atoms with van der Waals surface area (Å²) in [6.45, 7) is 2.12. The van der Waals surface area contributed by atoms with E-state index in [0.717, 1.165) is 0 Å². The topological polar surface area (TPSA) is 96.3 Å². The first-order valence-electron chi connectivity index (χ1n) is 3.84. The Morgan fingerprint density at radius 1 is 1.20 bits per heavy atom. The van der Waals surface area contributed by atoms with Crippen molar-refractivity contribution in [3.63, 3.8) is 0 Å². The van der Waals surface area contributed by atoms with Crippen LogP contribution in [-0.4, -0.2) is 0 Å². The number of nitrogens with zero attached hydrogens (tertiary/aromatic N) is 1. The lowest BCUT2D eigenvalue weighted by atomic mass is 10.5. The monoisotopic (exact) mass is 249 g/mol. The van der Waals surface area contributed by atoms with E-state index in [4.69, 9.17) is 18.6 Å². The third-order valence-electron chi connectivity index (χ3n) is 1.44. The Morgan fingerprint density at radius 2 is 1.80 bits per heavy atom. The van der Waals surface area contributed by atoms with E-state index in [1.54, 1.807) is 0 Å². The second-order valence-electron chi connectivity index (χ2n) is 2.67. The van der Waals surface area contributed by atoms with E-state index < -0.39 is 10.2 Å². The van der Waals surface area contributed by atoms with Crippen molar-refractivity contribution >= 4 is 16.2 Å². The molecule has 0 spiro atoms. The number of hydrogen-bond donors (Lipinski definition) is 0. The molecule has 2 rings (SSSR count). The molecule has 0 atom stereocenters. The van der Waals surface area contributed by atoms with Crippen LogP contribution in [0.4, 0.5) is 0 Å². The van der Waals surface area contributed by atoms with Crippen LogP contribution in [0.25, 0.3) is 4.83 Å². The van der Waals surface area contributed by atoms with Gasteiger partial charge in [0.25, 0.3) is 4.83 Å². The summed E-state index contributed by atoms with van der Waals surface area (Å²) < 4.78 is 36.1. The van der Waals surface area contributed by atoms with E-state index in [2.05, 4.69) is 35.9 Å². The van der Waals surface area contributed by atoms with Gasteiger partial charge in [-0.2, -0.15) is 4.40 Å². The summed E-state index contributed by atoms with van der Waals surface area (Å²) >= 11 is 1.82. The molecule has 2 aromatic heterocycles. The summed E-state index contributed by atoms with van der Waals surface area (Å²) in [6.07, 6.45) is 4.21. The molecular formula is C8H8ClNO4S. The van der Waals surface area contributed by atoms with Crippen LogP contribution >= 0.6 is 11.3 Å². The van der Waals surface area contributed by atoms with Crippen LogP contribution in [0.15, 0.2) is 30.6 Å². The van der Waals surface area contributed by atoms with E-state index in [9.17, 15) is 0 Å². The fourth-order valence-corrected chi connectivity index (χ4v) is 1.88. The molecule has 82 valence electrons. The Hall–Kier alpha value is -0.760. The molecule has 0 saturated carbocycles. The van der Waals surface area contributed by atoms with Gasteiger partial charge in [0, 0.05) is 12.1 Å². The second-order valence-corrected chi connectivity index (χ2v) is 4.69. The summed E-state index contributed by atoms with van der Waals surface area (Å²) in [5.41, 5.74) is 0. The molecule has 0 amide bonds. The molecule has 15 heavy (non-hydrogen) atoms. The van der Waals surface area contributed by atoms with E-state index in [1.165, 1.54) is 9.71 Å². The average molecular weight is 250 g/mol. The van der Waals surface area contributed by atoms with Crippen molar-refractivity contribution in [3.05, 3.63) is 35.5 Å². The molecule has 2 aromatic rings. The number of aryl methyl sites for hydroxylation is 1. The molecule has 2 heterocycles. The van der Waals surface area contributed by atoms with Crippen LogP contribution in [0, 0.1) is 17.2 Å². The van der Waals surface area contributed by atoms with Gasteiger partial charge in [0.05, 0.1) is 4.88 Å². The summed E-state index contributed by atoms with van der Waals surface area (Å²) in [5, 5.41) is 0. The van der Waals surface area contributed by atoms with Crippen molar-refractivity contribution in [2.24, 2.45) is 0 Å². The van der Waals surface area contributed by atoms with Gasteiger partial charge in [-0.05, 0) is 13.0 Å². The first-order chi connectivity index (χ1) is 6.86. The minimum absolute atomic E-state index is 1.31. The van der Waals surface area contributed by atoms with Crippen LogP contribution < -0.4 is 23.0 Å². The van der Waals surface area contributed by atoms with Crippen LogP contribution in [0.1, 0.15) is 4.88 Å². The molecule has 0 aromatic carbocycles. The third-order valence-corrected chi connectivity index (χ3v) is 2.42. The van der Waals surface area contributed by atoms with Gasteiger partial charge >= 0.3 is 0 Å². The summed E-state index contributed by atoms with van der Waals surface area (Å²) in [7, 11) is -4.94. The molecule has 0 fully saturated rings. The average Bonchev–Trinajstić information content (AvgIpc) is 2.40.